The number of rotatable bonds is 4. The standard InChI is InChI=1S/C15H12ClFN2O/c16-12-6-5-10(8-18)7-14(12)19-9-15(20)11-3-1-2-4-13(11)17/h1-7,15,19-20H,9H2. The summed E-state index contributed by atoms with van der Waals surface area (Å²) in [7, 11) is 0. The summed E-state index contributed by atoms with van der Waals surface area (Å²) in [5.41, 5.74) is 1.20. The van der Waals surface area contributed by atoms with Crippen molar-refractivity contribution < 1.29 is 9.50 Å². The molecule has 2 aromatic rings. The molecule has 0 fully saturated rings. The van der Waals surface area contributed by atoms with Crippen LogP contribution in [0.25, 0.3) is 0 Å². The van der Waals surface area contributed by atoms with Gasteiger partial charge in [-0.1, -0.05) is 29.8 Å². The minimum absolute atomic E-state index is 0.0928. The average molecular weight is 291 g/mol. The maximum absolute atomic E-state index is 13.5. The highest BCUT2D eigenvalue weighted by Gasteiger charge is 2.12. The fourth-order valence-corrected chi connectivity index (χ4v) is 1.98. The summed E-state index contributed by atoms with van der Waals surface area (Å²) in [4.78, 5) is 0. The van der Waals surface area contributed by atoms with Gasteiger partial charge in [0.1, 0.15) is 5.82 Å². The zero-order chi connectivity index (χ0) is 14.5. The van der Waals surface area contributed by atoms with E-state index in [0.29, 0.717) is 16.3 Å². The number of aliphatic hydroxyl groups is 1. The number of halogens is 2. The lowest BCUT2D eigenvalue weighted by Crippen LogP contribution is -2.13. The second kappa shape index (κ2) is 6.38. The molecule has 2 N–H and O–H groups in total. The van der Waals surface area contributed by atoms with Crippen molar-refractivity contribution in [3.8, 4) is 6.07 Å². The zero-order valence-corrected chi connectivity index (χ0v) is 11.2. The van der Waals surface area contributed by atoms with E-state index < -0.39 is 11.9 Å². The van der Waals surface area contributed by atoms with E-state index in [-0.39, 0.29) is 12.1 Å². The molecule has 1 unspecified atom stereocenters. The highest BCUT2D eigenvalue weighted by atomic mass is 35.5. The fourth-order valence-electron chi connectivity index (χ4n) is 1.79. The van der Waals surface area contributed by atoms with E-state index in [4.69, 9.17) is 16.9 Å². The van der Waals surface area contributed by atoms with Gasteiger partial charge in [-0.2, -0.15) is 5.26 Å². The van der Waals surface area contributed by atoms with Crippen LogP contribution in [0.2, 0.25) is 5.02 Å². The predicted octanol–water partition coefficient (Wildman–Crippen LogP) is 3.50. The van der Waals surface area contributed by atoms with Crippen molar-refractivity contribution in [1.82, 2.24) is 0 Å². The molecule has 2 aromatic carbocycles. The first-order valence-electron chi connectivity index (χ1n) is 5.98. The molecule has 0 aliphatic rings. The lowest BCUT2D eigenvalue weighted by Gasteiger charge is -2.14. The number of hydrogen-bond donors (Lipinski definition) is 2. The van der Waals surface area contributed by atoms with Gasteiger partial charge < -0.3 is 10.4 Å². The van der Waals surface area contributed by atoms with Crippen LogP contribution in [0.15, 0.2) is 42.5 Å². The molecule has 3 nitrogen and oxygen atoms in total. The van der Waals surface area contributed by atoms with Gasteiger partial charge in [-0.3, -0.25) is 0 Å². The number of benzene rings is 2. The number of anilines is 1. The first-order valence-corrected chi connectivity index (χ1v) is 6.35. The van der Waals surface area contributed by atoms with Crippen molar-refractivity contribution in [3.05, 3.63) is 64.4 Å². The summed E-state index contributed by atoms with van der Waals surface area (Å²) in [5, 5.41) is 22.1. The SMILES string of the molecule is N#Cc1ccc(Cl)c(NCC(O)c2ccccc2F)c1. The lowest BCUT2D eigenvalue weighted by molar-refractivity contribution is 0.186. The van der Waals surface area contributed by atoms with Crippen LogP contribution in [0.1, 0.15) is 17.2 Å². The molecule has 20 heavy (non-hydrogen) atoms. The molecule has 0 heterocycles. The lowest BCUT2D eigenvalue weighted by atomic mass is 10.1. The molecule has 1 atom stereocenters. The van der Waals surface area contributed by atoms with Crippen LogP contribution in [-0.4, -0.2) is 11.7 Å². The van der Waals surface area contributed by atoms with E-state index in [2.05, 4.69) is 5.32 Å². The largest absolute Gasteiger partial charge is 0.386 e. The minimum Gasteiger partial charge on any atom is -0.386 e. The van der Waals surface area contributed by atoms with E-state index in [1.165, 1.54) is 12.1 Å². The van der Waals surface area contributed by atoms with Crippen LogP contribution in [0.5, 0.6) is 0 Å². The quantitative estimate of drug-likeness (QED) is 0.906. The van der Waals surface area contributed by atoms with Crippen molar-refractivity contribution in [2.45, 2.75) is 6.10 Å². The van der Waals surface area contributed by atoms with E-state index >= 15 is 0 Å². The van der Waals surface area contributed by atoms with Gasteiger partial charge in [-0.25, -0.2) is 4.39 Å². The van der Waals surface area contributed by atoms with E-state index in [1.54, 1.807) is 30.3 Å². The minimum atomic E-state index is -1.00. The first kappa shape index (κ1) is 14.3. The molecule has 0 aromatic heterocycles. The Kier molecular flexibility index (Phi) is 4.57. The fraction of sp³-hybridized carbons (Fsp3) is 0.133. The molecular formula is C15H12ClFN2O. The summed E-state index contributed by atoms with van der Waals surface area (Å²) in [6.07, 6.45) is -1.00. The molecule has 0 amide bonds. The van der Waals surface area contributed by atoms with E-state index in [1.807, 2.05) is 6.07 Å². The summed E-state index contributed by atoms with van der Waals surface area (Å²) < 4.78 is 13.5. The Labute approximate surface area is 121 Å². The third-order valence-corrected chi connectivity index (χ3v) is 3.18. The topological polar surface area (TPSA) is 56.0 Å². The molecule has 2 rings (SSSR count). The van der Waals surface area contributed by atoms with E-state index in [9.17, 15) is 9.50 Å². The third kappa shape index (κ3) is 3.27. The van der Waals surface area contributed by atoms with Crippen LogP contribution < -0.4 is 5.32 Å². The van der Waals surface area contributed by atoms with Crippen molar-refractivity contribution in [2.75, 3.05) is 11.9 Å². The summed E-state index contributed by atoms with van der Waals surface area (Å²) in [6.45, 7) is 0.0928. The molecule has 0 radical (unpaired) electrons. The average Bonchev–Trinajstić information content (AvgIpc) is 2.46. The molecule has 102 valence electrons. The Morgan fingerprint density at radius 1 is 1.30 bits per heavy atom. The second-order valence-corrected chi connectivity index (χ2v) is 4.63. The molecular weight excluding hydrogens is 279 g/mol. The molecule has 0 bridgehead atoms. The van der Waals surface area contributed by atoms with Gasteiger partial charge >= 0.3 is 0 Å². The Balaban J connectivity index is 2.09. The molecule has 0 aliphatic heterocycles. The molecule has 5 heteroatoms. The van der Waals surface area contributed by atoms with Crippen LogP contribution in [0.4, 0.5) is 10.1 Å². The monoisotopic (exact) mass is 290 g/mol. The van der Waals surface area contributed by atoms with Gasteiger partial charge in [0.15, 0.2) is 0 Å². The van der Waals surface area contributed by atoms with Gasteiger partial charge in [0.25, 0.3) is 0 Å². The smallest absolute Gasteiger partial charge is 0.129 e. The highest BCUT2D eigenvalue weighted by molar-refractivity contribution is 6.33. The molecule has 0 spiro atoms. The molecule has 0 saturated carbocycles. The zero-order valence-electron chi connectivity index (χ0n) is 10.5. The van der Waals surface area contributed by atoms with Crippen LogP contribution in [0.3, 0.4) is 0 Å². The van der Waals surface area contributed by atoms with Crippen molar-refractivity contribution in [3.63, 3.8) is 0 Å². The van der Waals surface area contributed by atoms with Gasteiger partial charge in [-0.05, 0) is 24.3 Å². The third-order valence-electron chi connectivity index (χ3n) is 2.85. The normalized spacial score (nSPS) is 11.7. The van der Waals surface area contributed by atoms with Crippen LogP contribution in [-0.2, 0) is 0 Å². The molecule has 0 saturated heterocycles. The Bertz CT molecular complexity index is 655. The number of nitrogens with zero attached hydrogens (tertiary/aromatic N) is 1. The highest BCUT2D eigenvalue weighted by Crippen LogP contribution is 2.24. The Morgan fingerprint density at radius 2 is 2.05 bits per heavy atom. The van der Waals surface area contributed by atoms with Gasteiger partial charge in [0.05, 0.1) is 28.4 Å². The van der Waals surface area contributed by atoms with Gasteiger partial charge in [-0.15, -0.1) is 0 Å². The van der Waals surface area contributed by atoms with Crippen molar-refractivity contribution in [2.24, 2.45) is 0 Å². The van der Waals surface area contributed by atoms with E-state index in [0.717, 1.165) is 0 Å². The maximum Gasteiger partial charge on any atom is 0.129 e. The van der Waals surface area contributed by atoms with Gasteiger partial charge in [0.2, 0.25) is 0 Å². The van der Waals surface area contributed by atoms with Gasteiger partial charge in [0, 0.05) is 12.1 Å². The Morgan fingerprint density at radius 3 is 2.75 bits per heavy atom. The molecule has 0 aliphatic carbocycles. The first-order chi connectivity index (χ1) is 9.61. The summed E-state index contributed by atoms with van der Waals surface area (Å²) >= 11 is 5.99. The summed E-state index contributed by atoms with van der Waals surface area (Å²) in [5.74, 6) is -0.460. The maximum atomic E-state index is 13.5. The van der Waals surface area contributed by atoms with Crippen molar-refractivity contribution >= 4 is 17.3 Å². The Hall–Kier alpha value is -2.09. The van der Waals surface area contributed by atoms with Crippen LogP contribution >= 0.6 is 11.6 Å². The van der Waals surface area contributed by atoms with Crippen molar-refractivity contribution in [1.29, 1.82) is 5.26 Å². The summed E-state index contributed by atoms with van der Waals surface area (Å²) in [6, 6.07) is 12.8. The predicted molar refractivity (Wildman–Crippen MR) is 76.0 cm³/mol. The number of hydrogen-bond acceptors (Lipinski definition) is 3. The number of nitriles is 1. The van der Waals surface area contributed by atoms with Crippen LogP contribution in [0, 0.1) is 17.1 Å². The number of nitrogens with one attached hydrogen (secondary N) is 1. The number of aliphatic hydroxyl groups excluding tert-OH is 1. The second-order valence-electron chi connectivity index (χ2n) is 4.22.